The molecule has 8 nitrogen and oxygen atoms in total. The number of thiophene rings is 1. The molecule has 10 saturated carbocycles. The number of aromatic nitrogens is 1. The fraction of sp³-hybridized carbons (Fsp3) is 0.684. The van der Waals surface area contributed by atoms with Crippen LogP contribution in [-0.2, 0) is 47.9 Å². The number of nitrogens with zero attached hydrogens (tertiary/aromatic N) is 5. The lowest BCUT2D eigenvalue weighted by molar-refractivity contribution is -1.01. The minimum Gasteiger partial charge on any atom is -0.491 e. The Balaban J connectivity index is 0.000000110. The number of aliphatic hydroxyl groups is 1. The van der Waals surface area contributed by atoms with Gasteiger partial charge in [-0.05, 0) is 376 Å². The Morgan fingerprint density at radius 2 is 1.31 bits per heavy atom. The number of benzene rings is 5. The third-order valence-electron chi connectivity index (χ3n) is 36.0. The van der Waals surface area contributed by atoms with Crippen molar-refractivity contribution in [1.29, 1.82) is 0 Å². The summed E-state index contributed by atoms with van der Waals surface area (Å²) in [5.74, 6) is 8.29. The molecule has 0 radical (unpaired) electrons. The molecule has 123 heavy (non-hydrogen) atoms. The second kappa shape index (κ2) is 37.0. The molecule has 16 aliphatic rings. The molecule has 12 aliphatic carbocycles. The lowest BCUT2D eigenvalue weighted by Crippen LogP contribution is -2.70. The summed E-state index contributed by atoms with van der Waals surface area (Å²) in [4.78, 5) is 9.74. The third-order valence-corrected chi connectivity index (χ3v) is 37.0. The Kier molecular flexibility index (Phi) is 27.5. The van der Waals surface area contributed by atoms with Crippen LogP contribution in [0.3, 0.4) is 0 Å². The van der Waals surface area contributed by atoms with Crippen molar-refractivity contribution in [2.24, 2.45) is 52.3 Å². The van der Waals surface area contributed by atoms with Gasteiger partial charge >= 0.3 is 0 Å². The number of quaternary nitrogens is 1. The first-order valence-corrected chi connectivity index (χ1v) is 52.1. The number of nitrogens with one attached hydrogen (secondary N) is 1. The van der Waals surface area contributed by atoms with E-state index in [-0.39, 0.29) is 18.2 Å². The van der Waals surface area contributed by atoms with Crippen molar-refractivity contribution in [3.05, 3.63) is 193 Å². The monoisotopic (exact) mass is 1690 g/mol. The maximum Gasteiger partial charge on any atom is 0.137 e. The van der Waals surface area contributed by atoms with E-state index >= 15 is 0 Å². The maximum absolute atomic E-state index is 9.67. The van der Waals surface area contributed by atoms with E-state index in [1.165, 1.54) is 255 Å². The lowest BCUT2D eigenvalue weighted by Gasteiger charge is -2.66. The van der Waals surface area contributed by atoms with Crippen LogP contribution >= 0.6 is 11.3 Å². The van der Waals surface area contributed by atoms with Crippen molar-refractivity contribution in [3.63, 3.8) is 0 Å². The molecule has 4 aliphatic heterocycles. The van der Waals surface area contributed by atoms with Crippen LogP contribution in [0.15, 0.2) is 133 Å². The van der Waals surface area contributed by atoms with Crippen LogP contribution in [0.25, 0.3) is 10.9 Å². The first-order chi connectivity index (χ1) is 59.0. The highest BCUT2D eigenvalue weighted by Crippen LogP contribution is 2.68. The molecule has 9 unspecified atom stereocenters. The van der Waals surface area contributed by atoms with E-state index in [2.05, 4.69) is 289 Å². The second-order valence-electron chi connectivity index (χ2n) is 45.8. The predicted molar refractivity (Wildman–Crippen MR) is 520 cm³/mol. The molecule has 0 spiro atoms. The molecule has 672 valence electrons. The number of rotatable bonds is 15. The normalized spacial score (nSPS) is 33.2. The zero-order chi connectivity index (χ0) is 86.8. The fourth-order valence-corrected chi connectivity index (χ4v) is 34.0. The number of aliphatic hydroxyl groups excluding tert-OH is 1. The van der Waals surface area contributed by atoms with Gasteiger partial charge in [-0.15, -0.1) is 11.3 Å². The largest absolute Gasteiger partial charge is 0.491 e. The van der Waals surface area contributed by atoms with E-state index in [4.69, 9.17) is 4.74 Å². The fourth-order valence-electron chi connectivity index (χ4n) is 32.8. The average Bonchev–Trinajstić information content (AvgIpc) is 1.53. The van der Waals surface area contributed by atoms with Crippen LogP contribution in [0.1, 0.15) is 383 Å². The van der Waals surface area contributed by atoms with Gasteiger partial charge in [-0.3, -0.25) is 9.80 Å². The number of aryl methyl sites for hydroxylation is 1. The maximum atomic E-state index is 9.67. The quantitative estimate of drug-likeness (QED) is 0.0998. The Hall–Kier alpha value is -5.10. The molecule has 0 amide bonds. The smallest absolute Gasteiger partial charge is 0.137 e. The van der Waals surface area contributed by atoms with Crippen LogP contribution in [-0.4, -0.2) is 104 Å². The molecule has 2 aromatic heterocycles. The zero-order valence-electron chi connectivity index (χ0n) is 80.9. The molecule has 2 saturated heterocycles. The Morgan fingerprint density at radius 1 is 0.626 bits per heavy atom. The second-order valence-corrected chi connectivity index (χ2v) is 46.8. The third kappa shape index (κ3) is 16.9. The van der Waals surface area contributed by atoms with Gasteiger partial charge in [-0.2, -0.15) is 0 Å². The first-order valence-electron chi connectivity index (χ1n) is 51.3. The van der Waals surface area contributed by atoms with E-state index in [1.807, 2.05) is 11.3 Å². The SMILES string of the molecule is CC(C)N1C2Cc3ccccc3C1(C)c1ccccc12.CC(C)NC12CC3CC(C)(CC(C)(C3)C1)C2.CC(C)Oc1ccc2c(c1)C13CCCCC1C(C2)N(C)CC3.CC(C)[N+]1([C@]2(c3cccs3)CCCC[C@@H]2C)CCCCC1.CCN(C(C)C)C1(c2ccccc2)CCCCC1.CC[C@H]1CC2C[C@@H]3CCc4c(n(C(C)C)c5ccc(CO)cc45)[C@H](C2)C13. The number of fused-ring (bicyclic) bond motifs is 12. The molecular weight excluding hydrogens is 1520 g/mol. The zero-order valence-corrected chi connectivity index (χ0v) is 81.7. The lowest BCUT2D eigenvalue weighted by atomic mass is 9.42. The van der Waals surface area contributed by atoms with Crippen molar-refractivity contribution in [2.45, 2.75) is 412 Å². The number of hydrogen-bond donors (Lipinski definition) is 2. The summed E-state index contributed by atoms with van der Waals surface area (Å²) in [5, 5.41) is 17.3. The molecule has 5 aromatic carbocycles. The molecule has 2 N–H and O–H groups in total. The Bertz CT molecular complexity index is 4620. The molecular formula is C114H169N6O2S+. The first kappa shape index (κ1) is 91.2. The molecule has 14 atom stereocenters. The van der Waals surface area contributed by atoms with E-state index < -0.39 is 0 Å². The Labute approximate surface area is 753 Å². The van der Waals surface area contributed by atoms with Gasteiger partial charge in [0.25, 0.3) is 0 Å². The van der Waals surface area contributed by atoms with E-state index in [0.29, 0.717) is 63.1 Å². The summed E-state index contributed by atoms with van der Waals surface area (Å²) in [6.45, 7) is 48.0. The molecule has 9 heteroatoms. The van der Waals surface area contributed by atoms with Crippen LogP contribution < -0.4 is 10.1 Å². The summed E-state index contributed by atoms with van der Waals surface area (Å²) in [5.41, 5.74) is 19.5. The molecule has 12 bridgehead atoms. The van der Waals surface area contributed by atoms with Gasteiger partial charge in [-0.1, -0.05) is 190 Å². The number of hydrogen-bond acceptors (Lipinski definition) is 7. The average molecular weight is 1690 g/mol. The van der Waals surface area contributed by atoms with E-state index in [0.717, 1.165) is 83.7 Å². The van der Waals surface area contributed by atoms with Crippen LogP contribution in [0.4, 0.5) is 0 Å². The van der Waals surface area contributed by atoms with Gasteiger partial charge in [0.05, 0.1) is 42.3 Å². The summed E-state index contributed by atoms with van der Waals surface area (Å²) < 4.78 is 10.0. The summed E-state index contributed by atoms with van der Waals surface area (Å²) in [7, 11) is 2.34. The van der Waals surface area contributed by atoms with Gasteiger partial charge < -0.3 is 29.1 Å². The molecule has 12 fully saturated rings. The van der Waals surface area contributed by atoms with Crippen molar-refractivity contribution >= 4 is 22.2 Å². The highest BCUT2D eigenvalue weighted by molar-refractivity contribution is 7.10. The predicted octanol–water partition coefficient (Wildman–Crippen LogP) is 28.1. The van der Waals surface area contributed by atoms with Crippen molar-refractivity contribution < 1.29 is 14.3 Å². The molecule has 6 heterocycles. The number of likely N-dealkylation sites (N-methyl/N-ethyl adjacent to an activating group) is 1. The van der Waals surface area contributed by atoms with Crippen LogP contribution in [0.5, 0.6) is 5.75 Å². The van der Waals surface area contributed by atoms with E-state index in [9.17, 15) is 5.11 Å². The van der Waals surface area contributed by atoms with E-state index in [1.54, 1.807) is 27.3 Å². The summed E-state index contributed by atoms with van der Waals surface area (Å²) >= 11 is 2.03. The highest BCUT2D eigenvalue weighted by atomic mass is 32.1. The Morgan fingerprint density at radius 3 is 1.96 bits per heavy atom. The van der Waals surface area contributed by atoms with Gasteiger partial charge in [0, 0.05) is 87.6 Å². The minimum absolute atomic E-state index is 0.0320. The van der Waals surface area contributed by atoms with Gasteiger partial charge in [0.2, 0.25) is 0 Å². The number of likely N-dealkylation sites (tertiary alicyclic amines) is 2. The van der Waals surface area contributed by atoms with Gasteiger partial charge in [0.15, 0.2) is 0 Å². The number of piperidine rings is 2. The van der Waals surface area contributed by atoms with Crippen molar-refractivity contribution in [1.82, 2.24) is 24.6 Å². The number of ether oxygens (including phenoxy) is 1. The topological polar surface area (TPSA) is 56.1 Å². The summed E-state index contributed by atoms with van der Waals surface area (Å²) in [6.07, 6.45) is 43.6. The van der Waals surface area contributed by atoms with Crippen molar-refractivity contribution in [3.8, 4) is 5.75 Å². The minimum atomic E-state index is 0.0320. The standard InChI is InChI=1S/C24H33NO.C20H29NO.C19H32NS.C19H21N.C17H27N.C15H27N/c1-4-17-9-16-10-18-6-7-19-20-11-15(13-26)5-8-22(20)25(14(2)3)24(19)21(12-16)23(17)18;1-14(2)22-16-8-7-15-12-19-17-6-4-5-9-20(17,18(15)13-16)10-11-21(19)3;1-16(2)20(13-7-4-8-14-20)19(18-11-9-15-21-18)12-6-5-10-17(19)3;1-13(2)20-18-12-14-8-4-6-10-16(14)19(20,3)17-11-7-5-9-15(17)18;1-4-18(15(2)3)17(13-9-6-10-14-17)16-11-7-5-8-12-16;1-11(2)16-15-7-12-5-13(3,9-15)8-14(4,6-12)10-15/h5,8,11,14,16-18,21,23,26H,4,6-7,9-10,12-13H2,1-3H3;7-8,13-14,17,19H,4-6,9-12H2,1-3H3;9,11,15-17H,4-8,10,12-14H2,1-3H3;4-11,13,18H,12H2,1-3H3;5,7-8,11-12,15H,4,6,9-10,13-14H2,1-3H3;11-12,16H,5-10H2,1-4H3/q;;+1;;;/t16?,17-,18-,21+,23?;;17-,19+;;;/m0.0.../s1. The highest BCUT2D eigenvalue weighted by Gasteiger charge is 2.62. The van der Waals surface area contributed by atoms with Gasteiger partial charge in [0.1, 0.15) is 11.3 Å². The van der Waals surface area contributed by atoms with Crippen molar-refractivity contribution in [2.75, 3.05) is 33.2 Å². The molecule has 23 rings (SSSR count). The van der Waals surface area contributed by atoms with Gasteiger partial charge in [-0.25, -0.2) is 0 Å². The van der Waals surface area contributed by atoms with Crippen LogP contribution in [0.2, 0.25) is 0 Å². The summed E-state index contributed by atoms with van der Waals surface area (Å²) in [6, 6.07) is 51.9. The molecule has 7 aromatic rings. The van der Waals surface area contributed by atoms with Crippen LogP contribution in [0, 0.1) is 52.3 Å².